The Labute approximate surface area is 152 Å². The lowest BCUT2D eigenvalue weighted by Crippen LogP contribution is -2.26. The smallest absolute Gasteiger partial charge is 0.270 e. The van der Waals surface area contributed by atoms with Crippen LogP contribution in [0.5, 0.6) is 0 Å². The van der Waals surface area contributed by atoms with E-state index in [1.165, 1.54) is 30.5 Å². The van der Waals surface area contributed by atoms with E-state index in [1.807, 2.05) is 0 Å². The number of nitrogens with one attached hydrogen (secondary N) is 2. The number of hydrogen-bond donors (Lipinski definition) is 2. The molecular formula is C20H23FN4O. The molecule has 1 amide bonds. The molecule has 0 aliphatic heterocycles. The Balaban J connectivity index is 1.63. The number of anilines is 2. The maximum Gasteiger partial charge on any atom is 0.270 e. The first-order valence-electron chi connectivity index (χ1n) is 8.95. The molecule has 3 rings (SSSR count). The monoisotopic (exact) mass is 354 g/mol. The van der Waals surface area contributed by atoms with Gasteiger partial charge in [0.2, 0.25) is 0 Å². The average Bonchev–Trinajstić information content (AvgIpc) is 2.64. The summed E-state index contributed by atoms with van der Waals surface area (Å²) in [5, 5.41) is 5.80. The van der Waals surface area contributed by atoms with Gasteiger partial charge in [-0.1, -0.05) is 23.8 Å². The summed E-state index contributed by atoms with van der Waals surface area (Å²) in [5.41, 5.74) is 1.99. The summed E-state index contributed by atoms with van der Waals surface area (Å²) in [5.74, 6) is 0.216. The minimum absolute atomic E-state index is 0.247. The number of halogens is 1. The molecule has 0 saturated carbocycles. The molecule has 1 aromatic carbocycles. The zero-order valence-electron chi connectivity index (χ0n) is 14.9. The molecule has 2 N–H and O–H groups in total. The van der Waals surface area contributed by atoms with Crippen LogP contribution in [0.15, 0.2) is 42.0 Å². The van der Waals surface area contributed by atoms with Gasteiger partial charge >= 0.3 is 0 Å². The van der Waals surface area contributed by atoms with Crippen LogP contribution in [0, 0.1) is 12.7 Å². The summed E-state index contributed by atoms with van der Waals surface area (Å²) in [6, 6.07) is 7.86. The first kappa shape index (κ1) is 18.0. The van der Waals surface area contributed by atoms with Gasteiger partial charge in [0, 0.05) is 12.6 Å². The zero-order valence-corrected chi connectivity index (χ0v) is 14.9. The Kier molecular flexibility index (Phi) is 5.94. The molecule has 0 saturated heterocycles. The van der Waals surface area contributed by atoms with Crippen molar-refractivity contribution >= 4 is 17.4 Å². The lowest BCUT2D eigenvalue weighted by Gasteiger charge is -2.13. The number of rotatable bonds is 6. The summed E-state index contributed by atoms with van der Waals surface area (Å²) >= 11 is 0. The Hall–Kier alpha value is -2.76. The molecule has 0 spiro atoms. The standard InChI is InChI=1S/C20H23FN4O/c1-14-23-18(20(26)22-12-11-15-7-3-2-4-8-15)13-19(24-14)25-17-10-6-5-9-16(17)21/h5-7,9-10,13H,2-4,8,11-12H2,1H3,(H,22,26)(H,23,24,25). The fourth-order valence-corrected chi connectivity index (χ4v) is 3.01. The molecule has 0 fully saturated rings. The van der Waals surface area contributed by atoms with Gasteiger partial charge in [0.05, 0.1) is 5.69 Å². The van der Waals surface area contributed by atoms with E-state index in [1.54, 1.807) is 25.1 Å². The third kappa shape index (κ3) is 4.88. The molecule has 1 heterocycles. The van der Waals surface area contributed by atoms with Crippen molar-refractivity contribution in [3.05, 3.63) is 59.3 Å². The topological polar surface area (TPSA) is 66.9 Å². The zero-order chi connectivity index (χ0) is 18.4. The summed E-state index contributed by atoms with van der Waals surface area (Å²) in [6.45, 7) is 2.29. The number of benzene rings is 1. The molecular weight excluding hydrogens is 331 g/mol. The molecule has 1 aliphatic rings. The summed E-state index contributed by atoms with van der Waals surface area (Å²) < 4.78 is 13.8. The van der Waals surface area contributed by atoms with Crippen LogP contribution in [0.2, 0.25) is 0 Å². The maximum atomic E-state index is 13.8. The van der Waals surface area contributed by atoms with E-state index >= 15 is 0 Å². The largest absolute Gasteiger partial charge is 0.350 e. The number of para-hydroxylation sites is 1. The molecule has 1 aromatic heterocycles. The number of carbonyl (C=O) groups is 1. The SMILES string of the molecule is Cc1nc(Nc2ccccc2F)cc(C(=O)NCCC2=CCCCC2)n1. The number of aromatic nitrogens is 2. The van der Waals surface area contributed by atoms with Gasteiger partial charge in [0.1, 0.15) is 23.2 Å². The van der Waals surface area contributed by atoms with E-state index in [9.17, 15) is 9.18 Å². The van der Waals surface area contributed by atoms with Gasteiger partial charge in [-0.3, -0.25) is 4.79 Å². The van der Waals surface area contributed by atoms with Crippen molar-refractivity contribution in [3.63, 3.8) is 0 Å². The maximum absolute atomic E-state index is 13.8. The number of nitrogens with zero attached hydrogens (tertiary/aromatic N) is 2. The van der Waals surface area contributed by atoms with Crippen molar-refractivity contribution in [2.45, 2.75) is 39.0 Å². The van der Waals surface area contributed by atoms with Crippen molar-refractivity contribution in [2.24, 2.45) is 0 Å². The minimum Gasteiger partial charge on any atom is -0.350 e. The third-order valence-electron chi connectivity index (χ3n) is 4.32. The molecule has 0 radical (unpaired) electrons. The normalized spacial score (nSPS) is 13.8. The molecule has 136 valence electrons. The fourth-order valence-electron chi connectivity index (χ4n) is 3.01. The van der Waals surface area contributed by atoms with Crippen LogP contribution in [0.25, 0.3) is 0 Å². The Morgan fingerprint density at radius 1 is 1.23 bits per heavy atom. The Bertz CT molecular complexity index is 819. The fraction of sp³-hybridized carbons (Fsp3) is 0.350. The van der Waals surface area contributed by atoms with Crippen LogP contribution < -0.4 is 10.6 Å². The van der Waals surface area contributed by atoms with E-state index in [2.05, 4.69) is 26.7 Å². The van der Waals surface area contributed by atoms with E-state index in [-0.39, 0.29) is 17.4 Å². The Morgan fingerprint density at radius 3 is 2.85 bits per heavy atom. The molecule has 2 aromatic rings. The quantitative estimate of drug-likeness (QED) is 0.760. The lowest BCUT2D eigenvalue weighted by atomic mass is 9.97. The van der Waals surface area contributed by atoms with E-state index in [4.69, 9.17) is 0 Å². The molecule has 26 heavy (non-hydrogen) atoms. The van der Waals surface area contributed by atoms with Gasteiger partial charge in [-0.05, 0) is 51.2 Å². The highest BCUT2D eigenvalue weighted by Gasteiger charge is 2.12. The number of allylic oxidation sites excluding steroid dienone is 1. The lowest BCUT2D eigenvalue weighted by molar-refractivity contribution is 0.0948. The number of hydrogen-bond acceptors (Lipinski definition) is 4. The van der Waals surface area contributed by atoms with Crippen molar-refractivity contribution in [1.82, 2.24) is 15.3 Å². The van der Waals surface area contributed by atoms with Gasteiger partial charge in [-0.25, -0.2) is 14.4 Å². The Morgan fingerprint density at radius 2 is 2.08 bits per heavy atom. The molecule has 0 bridgehead atoms. The minimum atomic E-state index is -0.379. The van der Waals surface area contributed by atoms with Crippen LogP contribution >= 0.6 is 0 Å². The molecule has 6 heteroatoms. The van der Waals surface area contributed by atoms with Gasteiger partial charge in [0.15, 0.2) is 0 Å². The second-order valence-electron chi connectivity index (χ2n) is 6.40. The first-order chi connectivity index (χ1) is 12.6. The molecule has 0 unspecified atom stereocenters. The highest BCUT2D eigenvalue weighted by Crippen LogP contribution is 2.20. The van der Waals surface area contributed by atoms with Crippen LogP contribution in [-0.2, 0) is 0 Å². The van der Waals surface area contributed by atoms with Gasteiger partial charge < -0.3 is 10.6 Å². The van der Waals surface area contributed by atoms with Crippen LogP contribution in [0.1, 0.15) is 48.4 Å². The highest BCUT2D eigenvalue weighted by atomic mass is 19.1. The highest BCUT2D eigenvalue weighted by molar-refractivity contribution is 5.93. The number of amides is 1. The predicted molar refractivity (Wildman–Crippen MR) is 100.0 cm³/mol. The summed E-state index contributed by atoms with van der Waals surface area (Å²) in [6.07, 6.45) is 7.90. The summed E-state index contributed by atoms with van der Waals surface area (Å²) in [7, 11) is 0. The van der Waals surface area contributed by atoms with Crippen LogP contribution in [0.4, 0.5) is 15.9 Å². The van der Waals surface area contributed by atoms with Gasteiger partial charge in [-0.2, -0.15) is 0 Å². The van der Waals surface area contributed by atoms with Crippen molar-refractivity contribution in [3.8, 4) is 0 Å². The van der Waals surface area contributed by atoms with Gasteiger partial charge in [0.25, 0.3) is 5.91 Å². The molecule has 1 aliphatic carbocycles. The third-order valence-corrected chi connectivity index (χ3v) is 4.32. The van der Waals surface area contributed by atoms with Crippen molar-refractivity contribution < 1.29 is 9.18 Å². The van der Waals surface area contributed by atoms with Crippen LogP contribution in [-0.4, -0.2) is 22.4 Å². The predicted octanol–water partition coefficient (Wildman–Crippen LogP) is 4.29. The molecule has 0 atom stereocenters. The van der Waals surface area contributed by atoms with Gasteiger partial charge in [-0.15, -0.1) is 0 Å². The number of aryl methyl sites for hydroxylation is 1. The van der Waals surface area contributed by atoms with Crippen molar-refractivity contribution in [2.75, 3.05) is 11.9 Å². The van der Waals surface area contributed by atoms with Crippen LogP contribution in [0.3, 0.4) is 0 Å². The number of carbonyl (C=O) groups excluding carboxylic acids is 1. The second-order valence-corrected chi connectivity index (χ2v) is 6.40. The average molecular weight is 354 g/mol. The first-order valence-corrected chi connectivity index (χ1v) is 8.95. The molecule has 5 nitrogen and oxygen atoms in total. The van der Waals surface area contributed by atoms with Crippen molar-refractivity contribution in [1.29, 1.82) is 0 Å². The second kappa shape index (κ2) is 8.56. The van der Waals surface area contributed by atoms with E-state index in [0.29, 0.717) is 23.9 Å². The summed E-state index contributed by atoms with van der Waals surface area (Å²) in [4.78, 5) is 20.8. The van der Waals surface area contributed by atoms with E-state index in [0.717, 1.165) is 19.3 Å². The van der Waals surface area contributed by atoms with E-state index < -0.39 is 0 Å².